The Morgan fingerprint density at radius 2 is 1.88 bits per heavy atom. The van der Waals surface area contributed by atoms with Gasteiger partial charge in [0, 0.05) is 12.4 Å². The van der Waals surface area contributed by atoms with E-state index in [9.17, 15) is 13.2 Å². The Labute approximate surface area is 101 Å². The van der Waals surface area contributed by atoms with Crippen molar-refractivity contribution < 1.29 is 13.2 Å². The Balaban J connectivity index is 2.81. The summed E-state index contributed by atoms with van der Waals surface area (Å²) in [6, 6.07) is 0. The van der Waals surface area contributed by atoms with Crippen molar-refractivity contribution in [2.24, 2.45) is 0 Å². The summed E-state index contributed by atoms with van der Waals surface area (Å²) < 4.78 is 37.6. The highest BCUT2D eigenvalue weighted by Crippen LogP contribution is 2.31. The summed E-state index contributed by atoms with van der Waals surface area (Å²) >= 11 is 8.68. The molecular formula is C8H2BrClF3N3. The first-order valence-corrected chi connectivity index (χ1v) is 5.10. The Kier molecular flexibility index (Phi) is 2.75. The van der Waals surface area contributed by atoms with Crippen molar-refractivity contribution in [3.63, 3.8) is 0 Å². The molecule has 0 spiro atoms. The van der Waals surface area contributed by atoms with Crippen LogP contribution in [0.25, 0.3) is 10.9 Å². The van der Waals surface area contributed by atoms with Gasteiger partial charge in [0.05, 0.1) is 15.4 Å². The molecule has 0 aromatic carbocycles. The monoisotopic (exact) mass is 311 g/mol. The fourth-order valence-corrected chi connectivity index (χ4v) is 1.74. The van der Waals surface area contributed by atoms with Crippen molar-refractivity contribution >= 4 is 38.4 Å². The predicted molar refractivity (Wildman–Crippen MR) is 55.0 cm³/mol. The van der Waals surface area contributed by atoms with Crippen molar-refractivity contribution in [1.82, 2.24) is 15.0 Å². The van der Waals surface area contributed by atoms with Crippen LogP contribution < -0.4 is 0 Å². The summed E-state index contributed by atoms with van der Waals surface area (Å²) in [5.74, 6) is -1.27. The van der Waals surface area contributed by atoms with Crippen molar-refractivity contribution in [2.75, 3.05) is 0 Å². The lowest BCUT2D eigenvalue weighted by Crippen LogP contribution is -2.11. The molecule has 0 amide bonds. The lowest BCUT2D eigenvalue weighted by atomic mass is 10.3. The molecular weight excluding hydrogens is 310 g/mol. The van der Waals surface area contributed by atoms with E-state index in [2.05, 4.69) is 30.9 Å². The summed E-state index contributed by atoms with van der Waals surface area (Å²) in [4.78, 5) is 10.4. The van der Waals surface area contributed by atoms with Crippen LogP contribution in [-0.4, -0.2) is 15.0 Å². The van der Waals surface area contributed by atoms with Gasteiger partial charge in [-0.3, -0.25) is 4.98 Å². The van der Waals surface area contributed by atoms with Crippen LogP contribution in [0.4, 0.5) is 13.2 Å². The van der Waals surface area contributed by atoms with Crippen LogP contribution in [0.2, 0.25) is 5.15 Å². The van der Waals surface area contributed by atoms with Crippen molar-refractivity contribution in [3.8, 4) is 0 Å². The summed E-state index contributed by atoms with van der Waals surface area (Å²) in [6.45, 7) is 0. The quantitative estimate of drug-likeness (QED) is 0.699. The molecule has 0 unspecified atom stereocenters. The molecule has 0 aliphatic carbocycles. The highest BCUT2D eigenvalue weighted by Gasteiger charge is 2.35. The number of hydrogen-bond donors (Lipinski definition) is 0. The Bertz CT molecular complexity index is 558. The molecule has 0 aliphatic rings. The zero-order valence-electron chi connectivity index (χ0n) is 7.39. The lowest BCUT2D eigenvalue weighted by molar-refractivity contribution is -0.144. The molecule has 2 rings (SSSR count). The molecule has 8 heteroatoms. The van der Waals surface area contributed by atoms with Gasteiger partial charge in [-0.05, 0) is 15.9 Å². The number of alkyl halides is 3. The summed E-state index contributed by atoms with van der Waals surface area (Å²) in [5.41, 5.74) is 0.0855. The third-order valence-electron chi connectivity index (χ3n) is 1.77. The van der Waals surface area contributed by atoms with Crippen LogP contribution in [0.3, 0.4) is 0 Å². The minimum atomic E-state index is -4.62. The van der Waals surface area contributed by atoms with Gasteiger partial charge in [-0.15, -0.1) is 0 Å². The average Bonchev–Trinajstić information content (AvgIpc) is 2.18. The topological polar surface area (TPSA) is 38.7 Å². The standard InChI is InChI=1S/C8H2BrClF3N3/c9-4-2-14-1-3-5(4)15-7(8(11,12)13)16-6(3)10/h1-2H. The van der Waals surface area contributed by atoms with Gasteiger partial charge in [-0.2, -0.15) is 13.2 Å². The molecule has 84 valence electrons. The number of fused-ring (bicyclic) bond motifs is 1. The second-order valence-corrected chi connectivity index (χ2v) is 4.07. The molecule has 0 aliphatic heterocycles. The largest absolute Gasteiger partial charge is 0.451 e. The molecule has 0 radical (unpaired) electrons. The maximum atomic E-state index is 12.4. The van der Waals surface area contributed by atoms with Crippen LogP contribution >= 0.6 is 27.5 Å². The van der Waals surface area contributed by atoms with E-state index in [4.69, 9.17) is 11.6 Å². The SMILES string of the molecule is FC(F)(F)c1nc(Cl)c2cncc(Br)c2n1. The smallest absolute Gasteiger partial charge is 0.263 e. The van der Waals surface area contributed by atoms with E-state index in [1.54, 1.807) is 0 Å². The highest BCUT2D eigenvalue weighted by molar-refractivity contribution is 9.10. The first-order valence-electron chi connectivity index (χ1n) is 3.93. The Hall–Kier alpha value is -0.950. The second kappa shape index (κ2) is 3.81. The maximum absolute atomic E-state index is 12.4. The molecule has 0 N–H and O–H groups in total. The lowest BCUT2D eigenvalue weighted by Gasteiger charge is -2.07. The zero-order chi connectivity index (χ0) is 11.9. The van der Waals surface area contributed by atoms with Crippen LogP contribution in [-0.2, 0) is 6.18 Å². The van der Waals surface area contributed by atoms with Gasteiger partial charge >= 0.3 is 6.18 Å². The van der Waals surface area contributed by atoms with Gasteiger partial charge in [0.2, 0.25) is 5.82 Å². The van der Waals surface area contributed by atoms with Gasteiger partial charge < -0.3 is 0 Å². The molecule has 0 bridgehead atoms. The van der Waals surface area contributed by atoms with E-state index >= 15 is 0 Å². The molecule has 0 saturated carbocycles. The van der Waals surface area contributed by atoms with Crippen molar-refractivity contribution in [1.29, 1.82) is 0 Å². The molecule has 0 fully saturated rings. The van der Waals surface area contributed by atoms with E-state index in [-0.39, 0.29) is 16.1 Å². The second-order valence-electron chi connectivity index (χ2n) is 2.85. The fourth-order valence-electron chi connectivity index (χ4n) is 1.10. The Morgan fingerprint density at radius 3 is 2.50 bits per heavy atom. The number of pyridine rings is 1. The fraction of sp³-hybridized carbons (Fsp3) is 0.125. The van der Waals surface area contributed by atoms with E-state index < -0.39 is 12.0 Å². The normalized spacial score (nSPS) is 12.1. The van der Waals surface area contributed by atoms with Gasteiger partial charge in [0.15, 0.2) is 0 Å². The van der Waals surface area contributed by atoms with E-state index in [0.717, 1.165) is 0 Å². The number of aromatic nitrogens is 3. The molecule has 0 saturated heterocycles. The number of hydrogen-bond acceptors (Lipinski definition) is 3. The van der Waals surface area contributed by atoms with Gasteiger partial charge in [0.1, 0.15) is 5.15 Å². The molecule has 2 heterocycles. The van der Waals surface area contributed by atoms with Crippen LogP contribution in [0.5, 0.6) is 0 Å². The molecule has 3 nitrogen and oxygen atoms in total. The number of rotatable bonds is 0. The van der Waals surface area contributed by atoms with Crippen molar-refractivity contribution in [2.45, 2.75) is 6.18 Å². The van der Waals surface area contributed by atoms with E-state index in [1.807, 2.05) is 0 Å². The average molecular weight is 312 g/mol. The molecule has 2 aromatic heterocycles. The van der Waals surface area contributed by atoms with Crippen LogP contribution in [0, 0.1) is 0 Å². The summed E-state index contributed by atoms with van der Waals surface area (Å²) in [7, 11) is 0. The van der Waals surface area contributed by atoms with Crippen molar-refractivity contribution in [3.05, 3.63) is 27.8 Å². The van der Waals surface area contributed by atoms with Crippen LogP contribution in [0.15, 0.2) is 16.9 Å². The minimum Gasteiger partial charge on any atom is -0.263 e. The first kappa shape index (κ1) is 11.5. The van der Waals surface area contributed by atoms with Crippen LogP contribution in [0.1, 0.15) is 5.82 Å². The zero-order valence-corrected chi connectivity index (χ0v) is 9.73. The minimum absolute atomic E-state index is 0.0855. The highest BCUT2D eigenvalue weighted by atomic mass is 79.9. The molecule has 0 atom stereocenters. The third-order valence-corrected chi connectivity index (χ3v) is 2.64. The van der Waals surface area contributed by atoms with Gasteiger partial charge in [-0.25, -0.2) is 9.97 Å². The van der Waals surface area contributed by atoms with Gasteiger partial charge in [-0.1, -0.05) is 11.6 Å². The summed E-state index contributed by atoms with van der Waals surface area (Å²) in [5, 5.41) is -0.00448. The first-order chi connectivity index (χ1) is 7.39. The molecule has 2 aromatic rings. The number of nitrogens with zero attached hydrogens (tertiary/aromatic N) is 3. The summed E-state index contributed by atoms with van der Waals surface area (Å²) in [6.07, 6.45) is -1.98. The number of halogens is 5. The predicted octanol–water partition coefficient (Wildman–Crippen LogP) is 3.46. The Morgan fingerprint density at radius 1 is 1.19 bits per heavy atom. The van der Waals surface area contributed by atoms with E-state index in [0.29, 0.717) is 4.47 Å². The van der Waals surface area contributed by atoms with E-state index in [1.165, 1.54) is 12.4 Å². The third kappa shape index (κ3) is 1.97. The molecule has 16 heavy (non-hydrogen) atoms. The van der Waals surface area contributed by atoms with Gasteiger partial charge in [0.25, 0.3) is 0 Å². The maximum Gasteiger partial charge on any atom is 0.451 e.